The van der Waals surface area contributed by atoms with Crippen molar-refractivity contribution in [1.29, 1.82) is 0 Å². The third kappa shape index (κ3) is 2.63. The normalized spacial score (nSPS) is 20.3. The van der Waals surface area contributed by atoms with Crippen LogP contribution in [0.4, 0.5) is 0 Å². The van der Waals surface area contributed by atoms with Gasteiger partial charge in [0.15, 0.2) is 5.82 Å². The van der Waals surface area contributed by atoms with Crippen molar-refractivity contribution in [2.24, 2.45) is 0 Å². The van der Waals surface area contributed by atoms with Crippen LogP contribution in [0.15, 0.2) is 24.3 Å². The fourth-order valence-electron chi connectivity index (χ4n) is 4.77. The lowest BCUT2D eigenvalue weighted by Crippen LogP contribution is -2.34. The third-order valence-electron chi connectivity index (χ3n) is 6.27. The van der Waals surface area contributed by atoms with E-state index in [-0.39, 0.29) is 6.04 Å². The van der Waals surface area contributed by atoms with Crippen LogP contribution in [0.3, 0.4) is 0 Å². The summed E-state index contributed by atoms with van der Waals surface area (Å²) in [7, 11) is 0. The number of nitrogens with zero attached hydrogens (tertiary/aromatic N) is 5. The average molecular weight is 350 g/mol. The minimum Gasteiger partial charge on any atom is -0.357 e. The second kappa shape index (κ2) is 6.50. The number of rotatable bonds is 3. The summed E-state index contributed by atoms with van der Waals surface area (Å²) in [5.74, 6) is 1.02. The van der Waals surface area contributed by atoms with Gasteiger partial charge in [-0.1, -0.05) is 37.5 Å². The highest BCUT2D eigenvalue weighted by molar-refractivity contribution is 5.84. The largest absolute Gasteiger partial charge is 0.357 e. The molecule has 2 aromatic heterocycles. The van der Waals surface area contributed by atoms with E-state index in [1.807, 2.05) is 0 Å². The van der Waals surface area contributed by atoms with Crippen LogP contribution in [0.5, 0.6) is 0 Å². The first-order valence-electron chi connectivity index (χ1n) is 9.91. The molecule has 0 unspecified atom stereocenters. The molecular weight excluding hydrogens is 324 g/mol. The van der Waals surface area contributed by atoms with Gasteiger partial charge in [-0.25, -0.2) is 4.68 Å². The highest BCUT2D eigenvalue weighted by Crippen LogP contribution is 2.33. The molecule has 0 saturated heterocycles. The van der Waals surface area contributed by atoms with Gasteiger partial charge in [0.25, 0.3) is 0 Å². The van der Waals surface area contributed by atoms with E-state index in [9.17, 15) is 0 Å². The van der Waals surface area contributed by atoms with E-state index in [1.165, 1.54) is 54.3 Å². The van der Waals surface area contributed by atoms with Crippen LogP contribution in [0.2, 0.25) is 0 Å². The molecule has 2 aliphatic rings. The SMILES string of the molecule is C[C@@H](c1nnnn1C1CCCCC1)N1CCc2c([nH]c3ccccc23)C1. The molecule has 1 fully saturated rings. The van der Waals surface area contributed by atoms with Gasteiger partial charge in [-0.15, -0.1) is 5.10 Å². The Bertz CT molecular complexity index is 904. The second-order valence-corrected chi connectivity index (χ2v) is 7.80. The lowest BCUT2D eigenvalue weighted by atomic mass is 9.95. The highest BCUT2D eigenvalue weighted by Gasteiger charge is 2.29. The van der Waals surface area contributed by atoms with Crippen molar-refractivity contribution in [3.63, 3.8) is 0 Å². The number of fused-ring (bicyclic) bond motifs is 3. The van der Waals surface area contributed by atoms with E-state index >= 15 is 0 Å². The molecule has 0 spiro atoms. The summed E-state index contributed by atoms with van der Waals surface area (Å²) in [5, 5.41) is 14.2. The molecule has 1 aromatic carbocycles. The van der Waals surface area contributed by atoms with Crippen molar-refractivity contribution in [1.82, 2.24) is 30.1 Å². The number of hydrogen-bond donors (Lipinski definition) is 1. The molecule has 1 N–H and O–H groups in total. The van der Waals surface area contributed by atoms with Crippen LogP contribution in [-0.4, -0.2) is 36.6 Å². The predicted molar refractivity (Wildman–Crippen MR) is 101 cm³/mol. The number of tetrazole rings is 1. The molecule has 5 rings (SSSR count). The van der Waals surface area contributed by atoms with Crippen LogP contribution < -0.4 is 0 Å². The van der Waals surface area contributed by atoms with Gasteiger partial charge in [-0.05, 0) is 48.2 Å². The Balaban J connectivity index is 1.40. The molecule has 6 heteroatoms. The van der Waals surface area contributed by atoms with Gasteiger partial charge in [0, 0.05) is 29.7 Å². The Morgan fingerprint density at radius 2 is 2.00 bits per heavy atom. The van der Waals surface area contributed by atoms with E-state index in [0.717, 1.165) is 25.3 Å². The quantitative estimate of drug-likeness (QED) is 0.781. The van der Waals surface area contributed by atoms with Gasteiger partial charge in [0.1, 0.15) is 0 Å². The summed E-state index contributed by atoms with van der Waals surface area (Å²) in [5.41, 5.74) is 4.08. The number of H-pyrrole nitrogens is 1. The van der Waals surface area contributed by atoms with Gasteiger partial charge in [0.2, 0.25) is 0 Å². The molecule has 1 aliphatic heterocycles. The number of benzene rings is 1. The van der Waals surface area contributed by atoms with Crippen molar-refractivity contribution < 1.29 is 0 Å². The molecule has 0 radical (unpaired) electrons. The number of para-hydroxylation sites is 1. The number of aromatic amines is 1. The molecule has 3 heterocycles. The maximum absolute atomic E-state index is 4.42. The fourth-order valence-corrected chi connectivity index (χ4v) is 4.77. The Labute approximate surface area is 153 Å². The Morgan fingerprint density at radius 3 is 2.88 bits per heavy atom. The highest BCUT2D eigenvalue weighted by atomic mass is 15.6. The zero-order valence-corrected chi connectivity index (χ0v) is 15.4. The maximum Gasteiger partial charge on any atom is 0.168 e. The molecule has 1 atom stereocenters. The standard InChI is InChI=1S/C20H26N6/c1-14(20-22-23-24-26(20)15-7-3-2-4-8-15)25-12-11-17-16-9-5-6-10-18(16)21-19(17)13-25/h5-6,9-10,14-15,21H,2-4,7-8,11-13H2,1H3/t14-/m0/s1. The van der Waals surface area contributed by atoms with Gasteiger partial charge in [-0.2, -0.15) is 0 Å². The first-order chi connectivity index (χ1) is 12.8. The van der Waals surface area contributed by atoms with Crippen molar-refractivity contribution >= 4 is 10.9 Å². The second-order valence-electron chi connectivity index (χ2n) is 7.80. The molecular formula is C20H26N6. The number of hydrogen-bond acceptors (Lipinski definition) is 4. The summed E-state index contributed by atoms with van der Waals surface area (Å²) >= 11 is 0. The molecule has 26 heavy (non-hydrogen) atoms. The maximum atomic E-state index is 4.42. The van der Waals surface area contributed by atoms with Crippen molar-refractivity contribution in [3.8, 4) is 0 Å². The molecule has 0 bridgehead atoms. The zero-order valence-electron chi connectivity index (χ0n) is 15.4. The third-order valence-corrected chi connectivity index (χ3v) is 6.27. The van der Waals surface area contributed by atoms with Crippen molar-refractivity contribution in [2.75, 3.05) is 6.54 Å². The molecule has 136 valence electrons. The Hall–Kier alpha value is -2.21. The van der Waals surface area contributed by atoms with Gasteiger partial charge >= 0.3 is 0 Å². The van der Waals surface area contributed by atoms with Crippen molar-refractivity contribution in [3.05, 3.63) is 41.3 Å². The summed E-state index contributed by atoms with van der Waals surface area (Å²) < 4.78 is 2.12. The predicted octanol–water partition coefficient (Wildman–Crippen LogP) is 3.78. The van der Waals surface area contributed by atoms with Crippen LogP contribution in [0.1, 0.15) is 68.2 Å². The van der Waals surface area contributed by atoms with E-state index in [1.54, 1.807) is 0 Å². The van der Waals surface area contributed by atoms with Gasteiger partial charge in [0.05, 0.1) is 12.1 Å². The summed E-state index contributed by atoms with van der Waals surface area (Å²) in [6.45, 7) is 4.23. The molecule has 1 aliphatic carbocycles. The average Bonchev–Trinajstić information content (AvgIpc) is 3.32. The van der Waals surface area contributed by atoms with Gasteiger partial charge < -0.3 is 4.98 Å². The monoisotopic (exact) mass is 350 g/mol. The minimum absolute atomic E-state index is 0.228. The van der Waals surface area contributed by atoms with Crippen LogP contribution in [0, 0.1) is 0 Å². The molecule has 6 nitrogen and oxygen atoms in total. The lowest BCUT2D eigenvalue weighted by Gasteiger charge is -2.32. The number of aromatic nitrogens is 5. The lowest BCUT2D eigenvalue weighted by molar-refractivity contribution is 0.172. The molecule has 3 aromatic rings. The zero-order chi connectivity index (χ0) is 17.5. The first kappa shape index (κ1) is 16.0. The van der Waals surface area contributed by atoms with Gasteiger partial charge in [-0.3, -0.25) is 4.90 Å². The fraction of sp³-hybridized carbons (Fsp3) is 0.550. The van der Waals surface area contributed by atoms with Crippen molar-refractivity contribution in [2.45, 2.75) is 64.1 Å². The Morgan fingerprint density at radius 1 is 1.15 bits per heavy atom. The molecule has 1 saturated carbocycles. The summed E-state index contributed by atoms with van der Waals surface area (Å²) in [4.78, 5) is 6.13. The van der Waals surface area contributed by atoms with E-state index in [2.05, 4.69) is 61.3 Å². The first-order valence-corrected chi connectivity index (χ1v) is 9.91. The summed E-state index contributed by atoms with van der Waals surface area (Å²) in [6, 6.07) is 9.33. The number of nitrogens with one attached hydrogen (secondary N) is 1. The van der Waals surface area contributed by atoms with E-state index in [4.69, 9.17) is 0 Å². The van der Waals surface area contributed by atoms with E-state index < -0.39 is 0 Å². The van der Waals surface area contributed by atoms with Crippen LogP contribution in [0.25, 0.3) is 10.9 Å². The minimum atomic E-state index is 0.228. The van der Waals surface area contributed by atoms with Crippen LogP contribution >= 0.6 is 0 Å². The topological polar surface area (TPSA) is 62.6 Å². The molecule has 0 amide bonds. The van der Waals surface area contributed by atoms with E-state index in [0.29, 0.717) is 6.04 Å². The summed E-state index contributed by atoms with van der Waals surface area (Å²) in [6.07, 6.45) is 7.42. The smallest absolute Gasteiger partial charge is 0.168 e. The van der Waals surface area contributed by atoms with Crippen LogP contribution in [-0.2, 0) is 13.0 Å². The Kier molecular flexibility index (Phi) is 4.00.